The molecule has 26 heavy (non-hydrogen) atoms. The van der Waals surface area contributed by atoms with Crippen molar-refractivity contribution in [2.24, 2.45) is 0 Å². The molecule has 0 unspecified atom stereocenters. The average Bonchev–Trinajstić information content (AvgIpc) is 2.64. The summed E-state index contributed by atoms with van der Waals surface area (Å²) in [5.41, 5.74) is -1.54. The molecule has 2 rings (SSSR count). The molecule has 0 aromatic heterocycles. The molecule has 0 spiro atoms. The molecule has 1 aromatic carbocycles. The van der Waals surface area contributed by atoms with Crippen LogP contribution in [0.4, 0.5) is 16.2 Å². The first-order valence-electron chi connectivity index (χ1n) is 8.36. The number of nitrogens with zero attached hydrogens (tertiary/aromatic N) is 1. The molecule has 1 aliphatic rings. The van der Waals surface area contributed by atoms with Crippen LogP contribution in [-0.4, -0.2) is 34.9 Å². The first kappa shape index (κ1) is 20.2. The summed E-state index contributed by atoms with van der Waals surface area (Å²) in [6.45, 7) is 12.7. The van der Waals surface area contributed by atoms with Gasteiger partial charge in [0.1, 0.15) is 5.60 Å². The first-order valence-corrected chi connectivity index (χ1v) is 8.36. The summed E-state index contributed by atoms with van der Waals surface area (Å²) >= 11 is 0. The Bertz CT molecular complexity index is 710. The Hall–Kier alpha value is -2.13. The van der Waals surface area contributed by atoms with Crippen LogP contribution in [0.5, 0.6) is 0 Å². The van der Waals surface area contributed by atoms with Gasteiger partial charge in [0.2, 0.25) is 0 Å². The average molecular weight is 364 g/mol. The van der Waals surface area contributed by atoms with Gasteiger partial charge in [0.25, 0.3) is 5.69 Å². The van der Waals surface area contributed by atoms with E-state index in [0.29, 0.717) is 5.46 Å². The van der Waals surface area contributed by atoms with Crippen molar-refractivity contribution < 1.29 is 23.8 Å². The van der Waals surface area contributed by atoms with Gasteiger partial charge < -0.3 is 14.0 Å². The maximum absolute atomic E-state index is 11.9. The van der Waals surface area contributed by atoms with Gasteiger partial charge in [-0.15, -0.1) is 0 Å². The number of ether oxygens (including phenoxy) is 1. The van der Waals surface area contributed by atoms with Crippen molar-refractivity contribution >= 4 is 30.0 Å². The minimum absolute atomic E-state index is 0.197. The Kier molecular flexibility index (Phi) is 5.09. The van der Waals surface area contributed by atoms with Crippen LogP contribution in [0.1, 0.15) is 48.5 Å². The van der Waals surface area contributed by atoms with E-state index >= 15 is 0 Å². The molecular formula is C17H25BN2O6. The molecule has 1 aromatic rings. The fraction of sp³-hybridized carbons (Fsp3) is 0.588. The summed E-state index contributed by atoms with van der Waals surface area (Å²) in [6.07, 6.45) is -0.685. The van der Waals surface area contributed by atoms with Crippen molar-refractivity contribution in [1.82, 2.24) is 0 Å². The summed E-state index contributed by atoms with van der Waals surface area (Å²) in [6, 6.07) is 4.34. The van der Waals surface area contributed by atoms with Crippen molar-refractivity contribution in [3.8, 4) is 0 Å². The normalized spacial score (nSPS) is 18.5. The monoisotopic (exact) mass is 364 g/mol. The zero-order valence-electron chi connectivity index (χ0n) is 16.2. The predicted molar refractivity (Wildman–Crippen MR) is 98.7 cm³/mol. The van der Waals surface area contributed by atoms with E-state index in [-0.39, 0.29) is 11.4 Å². The lowest BCUT2D eigenvalue weighted by atomic mass is 9.77. The number of rotatable bonds is 3. The maximum Gasteiger partial charge on any atom is 0.501 e. The second-order valence-corrected chi connectivity index (χ2v) is 8.25. The van der Waals surface area contributed by atoms with Gasteiger partial charge in [-0.05, 0) is 54.5 Å². The number of nitrogens with one attached hydrogen (secondary N) is 1. The number of hydrogen-bond donors (Lipinski definition) is 1. The number of benzene rings is 1. The lowest BCUT2D eigenvalue weighted by Gasteiger charge is -2.32. The molecule has 0 radical (unpaired) electrons. The maximum atomic E-state index is 11.9. The number of nitro groups is 1. The van der Waals surface area contributed by atoms with Crippen LogP contribution < -0.4 is 10.8 Å². The van der Waals surface area contributed by atoms with E-state index in [1.807, 2.05) is 27.7 Å². The van der Waals surface area contributed by atoms with E-state index in [9.17, 15) is 14.9 Å². The number of hydrogen-bond acceptors (Lipinski definition) is 6. The molecule has 1 amide bonds. The Morgan fingerprint density at radius 2 is 1.73 bits per heavy atom. The standard InChI is InChI=1S/C17H25BN2O6/c1-15(2,3)24-14(21)19-11-8-9-12(13(10-11)20(22)23)18-25-16(4,5)17(6,7)26-18/h8-10H,1-7H3,(H,19,21). The van der Waals surface area contributed by atoms with Crippen molar-refractivity contribution in [3.63, 3.8) is 0 Å². The Balaban J connectivity index is 2.28. The van der Waals surface area contributed by atoms with E-state index < -0.39 is 34.9 Å². The van der Waals surface area contributed by atoms with Gasteiger partial charge in [-0.1, -0.05) is 6.07 Å². The highest BCUT2D eigenvalue weighted by Gasteiger charge is 2.53. The molecule has 1 saturated heterocycles. The summed E-state index contributed by atoms with van der Waals surface area (Å²) in [7, 11) is -0.865. The van der Waals surface area contributed by atoms with E-state index in [2.05, 4.69) is 5.32 Å². The quantitative estimate of drug-likeness (QED) is 0.502. The van der Waals surface area contributed by atoms with Crippen LogP contribution >= 0.6 is 0 Å². The highest BCUT2D eigenvalue weighted by Crippen LogP contribution is 2.37. The van der Waals surface area contributed by atoms with Gasteiger partial charge in [-0.2, -0.15) is 0 Å². The third-order valence-corrected chi connectivity index (χ3v) is 4.38. The van der Waals surface area contributed by atoms with Crippen LogP contribution in [0.25, 0.3) is 0 Å². The fourth-order valence-electron chi connectivity index (χ4n) is 2.37. The van der Waals surface area contributed by atoms with E-state index in [0.717, 1.165) is 0 Å². The van der Waals surface area contributed by atoms with Crippen molar-refractivity contribution in [2.45, 2.75) is 65.3 Å². The zero-order chi connectivity index (χ0) is 19.9. The van der Waals surface area contributed by atoms with Gasteiger partial charge >= 0.3 is 13.2 Å². The Morgan fingerprint density at radius 1 is 1.19 bits per heavy atom. The van der Waals surface area contributed by atoms with Gasteiger partial charge in [0, 0.05) is 6.07 Å². The van der Waals surface area contributed by atoms with Crippen molar-refractivity contribution in [1.29, 1.82) is 0 Å². The zero-order valence-corrected chi connectivity index (χ0v) is 16.2. The van der Waals surface area contributed by atoms with Crippen molar-refractivity contribution in [3.05, 3.63) is 28.3 Å². The molecule has 0 aliphatic carbocycles. The van der Waals surface area contributed by atoms with Crippen LogP contribution in [0.3, 0.4) is 0 Å². The fourth-order valence-corrected chi connectivity index (χ4v) is 2.37. The van der Waals surface area contributed by atoms with Gasteiger partial charge in [0.15, 0.2) is 0 Å². The minimum Gasteiger partial charge on any atom is -0.444 e. The van der Waals surface area contributed by atoms with Crippen molar-refractivity contribution in [2.75, 3.05) is 5.32 Å². The van der Waals surface area contributed by atoms with Crippen LogP contribution in [0.2, 0.25) is 0 Å². The topological polar surface area (TPSA) is 99.9 Å². The smallest absolute Gasteiger partial charge is 0.444 e. The summed E-state index contributed by atoms with van der Waals surface area (Å²) in [4.78, 5) is 22.9. The molecule has 142 valence electrons. The third-order valence-electron chi connectivity index (χ3n) is 4.38. The van der Waals surface area contributed by atoms with E-state index in [1.165, 1.54) is 12.1 Å². The van der Waals surface area contributed by atoms with E-state index in [4.69, 9.17) is 14.0 Å². The molecule has 8 nitrogen and oxygen atoms in total. The van der Waals surface area contributed by atoms with Crippen LogP contribution in [0, 0.1) is 10.1 Å². The summed E-state index contributed by atoms with van der Waals surface area (Å²) in [5, 5.41) is 14.0. The Morgan fingerprint density at radius 3 is 2.19 bits per heavy atom. The molecular weight excluding hydrogens is 339 g/mol. The summed E-state index contributed by atoms with van der Waals surface area (Å²) in [5.74, 6) is 0. The second-order valence-electron chi connectivity index (χ2n) is 8.25. The largest absolute Gasteiger partial charge is 0.501 e. The van der Waals surface area contributed by atoms with Crippen LogP contribution in [-0.2, 0) is 14.0 Å². The molecule has 1 N–H and O–H groups in total. The third kappa shape index (κ3) is 4.34. The molecule has 0 saturated carbocycles. The summed E-state index contributed by atoms with van der Waals surface area (Å²) < 4.78 is 16.9. The number of amides is 1. The minimum atomic E-state index is -0.865. The molecule has 1 fully saturated rings. The second kappa shape index (κ2) is 6.55. The van der Waals surface area contributed by atoms with Gasteiger partial charge in [-0.3, -0.25) is 15.4 Å². The highest BCUT2D eigenvalue weighted by molar-refractivity contribution is 6.63. The number of carbonyl (C=O) groups excluding carboxylic acids is 1. The number of anilines is 1. The van der Waals surface area contributed by atoms with E-state index in [1.54, 1.807) is 26.8 Å². The lowest BCUT2D eigenvalue weighted by molar-refractivity contribution is -0.383. The first-order chi connectivity index (χ1) is 11.7. The SMILES string of the molecule is CC(C)(C)OC(=O)Nc1ccc(B2OC(C)(C)C(C)(C)O2)c([N+](=O)[O-])c1. The molecule has 0 bridgehead atoms. The Labute approximate surface area is 153 Å². The molecule has 1 aliphatic heterocycles. The molecule has 0 atom stereocenters. The predicted octanol–water partition coefficient (Wildman–Crippen LogP) is 3.24. The van der Waals surface area contributed by atoms with Gasteiger partial charge in [0.05, 0.1) is 27.3 Å². The van der Waals surface area contributed by atoms with Crippen LogP contribution in [0.15, 0.2) is 18.2 Å². The number of carbonyl (C=O) groups is 1. The molecule has 1 heterocycles. The lowest BCUT2D eigenvalue weighted by Crippen LogP contribution is -2.41. The number of nitro benzene ring substituents is 1. The molecule has 9 heteroatoms. The van der Waals surface area contributed by atoms with Gasteiger partial charge in [-0.25, -0.2) is 4.79 Å². The highest BCUT2D eigenvalue weighted by atomic mass is 16.7.